The minimum atomic E-state index is 0.587. The van der Waals surface area contributed by atoms with Crippen molar-refractivity contribution in [2.75, 3.05) is 7.11 Å². The molecule has 0 amide bonds. The van der Waals surface area contributed by atoms with Gasteiger partial charge in [-0.25, -0.2) is 4.98 Å². The summed E-state index contributed by atoms with van der Waals surface area (Å²) in [6, 6.07) is 9.76. The molecule has 114 valence electrons. The number of fused-ring (bicyclic) bond motifs is 3. The molecule has 0 radical (unpaired) electrons. The van der Waals surface area contributed by atoms with E-state index in [1.807, 2.05) is 43.5 Å². The molecular formula is C18H14ClN3O. The van der Waals surface area contributed by atoms with Crippen LogP contribution in [0.4, 0.5) is 0 Å². The van der Waals surface area contributed by atoms with Crippen LogP contribution in [0.5, 0.6) is 5.88 Å². The second-order valence-corrected chi connectivity index (χ2v) is 5.85. The molecule has 1 N–H and O–H groups in total. The van der Waals surface area contributed by atoms with Crippen molar-refractivity contribution in [3.63, 3.8) is 0 Å². The summed E-state index contributed by atoms with van der Waals surface area (Å²) in [5.41, 5.74) is 5.03. The number of benzene rings is 1. The third-order valence-electron chi connectivity index (χ3n) is 4.04. The molecule has 0 unspecified atom stereocenters. The lowest BCUT2D eigenvalue weighted by Gasteiger charge is -2.06. The summed E-state index contributed by atoms with van der Waals surface area (Å²) in [6.07, 6.45) is 3.61. The van der Waals surface area contributed by atoms with Crippen molar-refractivity contribution in [2.45, 2.75) is 6.92 Å². The molecule has 4 nitrogen and oxygen atoms in total. The number of pyridine rings is 2. The van der Waals surface area contributed by atoms with Crippen molar-refractivity contribution < 1.29 is 4.74 Å². The van der Waals surface area contributed by atoms with E-state index in [0.29, 0.717) is 10.9 Å². The van der Waals surface area contributed by atoms with E-state index in [4.69, 9.17) is 16.3 Å². The van der Waals surface area contributed by atoms with Gasteiger partial charge >= 0.3 is 0 Å². The van der Waals surface area contributed by atoms with E-state index in [2.05, 4.69) is 15.0 Å². The van der Waals surface area contributed by atoms with Crippen LogP contribution in [0.25, 0.3) is 32.9 Å². The molecule has 1 aromatic carbocycles. The SMILES string of the molecule is COc1ccc(-c2cc(Cl)cc3c2[nH]c2c(C)nccc23)cn1. The van der Waals surface area contributed by atoms with Gasteiger partial charge in [-0.05, 0) is 31.2 Å². The quantitative estimate of drug-likeness (QED) is 0.579. The molecule has 0 spiro atoms. The number of aryl methyl sites for hydroxylation is 1. The molecule has 0 aliphatic heterocycles. The van der Waals surface area contributed by atoms with E-state index in [9.17, 15) is 0 Å². The molecule has 0 aliphatic rings. The maximum atomic E-state index is 6.35. The number of H-pyrrole nitrogens is 1. The van der Waals surface area contributed by atoms with Gasteiger partial charge in [-0.2, -0.15) is 0 Å². The Kier molecular flexibility index (Phi) is 3.20. The normalized spacial score (nSPS) is 11.3. The number of halogens is 1. The molecule has 3 heterocycles. The van der Waals surface area contributed by atoms with Crippen LogP contribution in [0.3, 0.4) is 0 Å². The van der Waals surface area contributed by atoms with Gasteiger partial charge in [-0.15, -0.1) is 0 Å². The lowest BCUT2D eigenvalue weighted by molar-refractivity contribution is 0.398. The molecule has 5 heteroatoms. The van der Waals surface area contributed by atoms with E-state index in [0.717, 1.165) is 38.6 Å². The number of ether oxygens (including phenoxy) is 1. The second kappa shape index (κ2) is 5.25. The van der Waals surface area contributed by atoms with Crippen molar-refractivity contribution >= 4 is 33.4 Å². The smallest absolute Gasteiger partial charge is 0.212 e. The number of nitrogens with zero attached hydrogens (tertiary/aromatic N) is 2. The summed E-state index contributed by atoms with van der Waals surface area (Å²) in [6.45, 7) is 1.99. The lowest BCUT2D eigenvalue weighted by Crippen LogP contribution is -1.88. The van der Waals surface area contributed by atoms with Crippen LogP contribution in [0.15, 0.2) is 42.7 Å². The van der Waals surface area contributed by atoms with Crippen molar-refractivity contribution in [3.8, 4) is 17.0 Å². The molecule has 0 fully saturated rings. The molecule has 4 rings (SSSR count). The van der Waals surface area contributed by atoms with E-state index in [1.54, 1.807) is 13.3 Å². The van der Waals surface area contributed by atoms with Gasteiger partial charge in [-0.1, -0.05) is 11.6 Å². The molecule has 0 bridgehead atoms. The number of methoxy groups -OCH3 is 1. The maximum absolute atomic E-state index is 6.35. The predicted molar refractivity (Wildman–Crippen MR) is 93.1 cm³/mol. The van der Waals surface area contributed by atoms with E-state index >= 15 is 0 Å². The minimum Gasteiger partial charge on any atom is -0.481 e. The Morgan fingerprint density at radius 3 is 2.65 bits per heavy atom. The molecule has 4 aromatic rings. The molecule has 23 heavy (non-hydrogen) atoms. The first-order chi connectivity index (χ1) is 11.2. The van der Waals surface area contributed by atoms with Crippen LogP contribution < -0.4 is 4.74 Å². The zero-order valence-electron chi connectivity index (χ0n) is 12.7. The summed E-state index contributed by atoms with van der Waals surface area (Å²) in [4.78, 5) is 12.1. The molecule has 0 saturated heterocycles. The standard InChI is InChI=1S/C18H14ClN3O/c1-10-17-13(5-6-20-10)15-8-12(19)7-14(18(15)22-17)11-3-4-16(23-2)21-9-11/h3-9,22H,1-2H3. The van der Waals surface area contributed by atoms with Crippen LogP contribution >= 0.6 is 11.6 Å². The second-order valence-electron chi connectivity index (χ2n) is 5.41. The average molecular weight is 324 g/mol. The highest BCUT2D eigenvalue weighted by Crippen LogP contribution is 2.36. The zero-order chi connectivity index (χ0) is 16.0. The highest BCUT2D eigenvalue weighted by atomic mass is 35.5. The summed E-state index contributed by atoms with van der Waals surface area (Å²) in [7, 11) is 1.60. The average Bonchev–Trinajstić information content (AvgIpc) is 2.94. The number of hydrogen-bond acceptors (Lipinski definition) is 3. The zero-order valence-corrected chi connectivity index (χ0v) is 13.5. The van der Waals surface area contributed by atoms with Crippen LogP contribution in [0.2, 0.25) is 5.02 Å². The van der Waals surface area contributed by atoms with E-state index in [1.165, 1.54) is 0 Å². The fraction of sp³-hybridized carbons (Fsp3) is 0.111. The maximum Gasteiger partial charge on any atom is 0.212 e. The number of aromatic nitrogens is 3. The third-order valence-corrected chi connectivity index (χ3v) is 4.26. The Balaban J connectivity index is 2.05. The molecule has 0 aliphatic carbocycles. The van der Waals surface area contributed by atoms with Crippen molar-refractivity contribution in [3.05, 3.63) is 53.4 Å². The van der Waals surface area contributed by atoms with Gasteiger partial charge in [-0.3, -0.25) is 4.98 Å². The van der Waals surface area contributed by atoms with Crippen molar-refractivity contribution in [1.82, 2.24) is 15.0 Å². The fourth-order valence-electron chi connectivity index (χ4n) is 2.92. The Morgan fingerprint density at radius 1 is 1.04 bits per heavy atom. The monoisotopic (exact) mass is 323 g/mol. The Hall–Kier alpha value is -2.59. The van der Waals surface area contributed by atoms with Crippen molar-refractivity contribution in [2.24, 2.45) is 0 Å². The van der Waals surface area contributed by atoms with Crippen LogP contribution in [0.1, 0.15) is 5.69 Å². The lowest BCUT2D eigenvalue weighted by atomic mass is 10.0. The fourth-order valence-corrected chi connectivity index (χ4v) is 3.13. The van der Waals surface area contributed by atoms with Gasteiger partial charge in [0.1, 0.15) is 0 Å². The van der Waals surface area contributed by atoms with Gasteiger partial charge in [0.05, 0.1) is 23.8 Å². The number of rotatable bonds is 2. The number of hydrogen-bond donors (Lipinski definition) is 1. The molecule has 0 saturated carbocycles. The first-order valence-corrected chi connectivity index (χ1v) is 7.62. The molecular weight excluding hydrogens is 310 g/mol. The number of aromatic amines is 1. The van der Waals surface area contributed by atoms with Crippen LogP contribution in [-0.4, -0.2) is 22.1 Å². The summed E-state index contributed by atoms with van der Waals surface area (Å²) in [5.74, 6) is 0.587. The van der Waals surface area contributed by atoms with Crippen LogP contribution in [-0.2, 0) is 0 Å². The van der Waals surface area contributed by atoms with E-state index in [-0.39, 0.29) is 0 Å². The third kappa shape index (κ3) is 2.23. The highest BCUT2D eigenvalue weighted by molar-refractivity contribution is 6.32. The number of nitrogens with one attached hydrogen (secondary N) is 1. The first kappa shape index (κ1) is 14.0. The van der Waals surface area contributed by atoms with Gasteiger partial charge in [0, 0.05) is 45.4 Å². The predicted octanol–water partition coefficient (Wildman–Crippen LogP) is 4.75. The highest BCUT2D eigenvalue weighted by Gasteiger charge is 2.13. The summed E-state index contributed by atoms with van der Waals surface area (Å²) in [5, 5.41) is 2.90. The van der Waals surface area contributed by atoms with Gasteiger partial charge in [0.15, 0.2) is 0 Å². The molecule has 0 atom stereocenters. The summed E-state index contributed by atoms with van der Waals surface area (Å²) < 4.78 is 5.13. The Labute approximate surface area is 138 Å². The van der Waals surface area contributed by atoms with Crippen molar-refractivity contribution in [1.29, 1.82) is 0 Å². The Bertz CT molecular complexity index is 1020. The van der Waals surface area contributed by atoms with Crippen LogP contribution in [0, 0.1) is 6.92 Å². The Morgan fingerprint density at radius 2 is 1.91 bits per heavy atom. The van der Waals surface area contributed by atoms with E-state index < -0.39 is 0 Å². The topological polar surface area (TPSA) is 50.8 Å². The van der Waals surface area contributed by atoms with Gasteiger partial charge in [0.25, 0.3) is 0 Å². The minimum absolute atomic E-state index is 0.587. The molecule has 3 aromatic heterocycles. The summed E-state index contributed by atoms with van der Waals surface area (Å²) >= 11 is 6.35. The first-order valence-electron chi connectivity index (χ1n) is 7.24. The largest absolute Gasteiger partial charge is 0.481 e. The van der Waals surface area contributed by atoms with Gasteiger partial charge < -0.3 is 9.72 Å². The van der Waals surface area contributed by atoms with Gasteiger partial charge in [0.2, 0.25) is 5.88 Å².